The van der Waals surface area contributed by atoms with E-state index in [4.69, 9.17) is 11.6 Å². The first-order valence-electron chi connectivity index (χ1n) is 5.34. The summed E-state index contributed by atoms with van der Waals surface area (Å²) in [6.07, 6.45) is 0.809. The molecule has 0 saturated heterocycles. The van der Waals surface area contributed by atoms with Crippen molar-refractivity contribution in [1.29, 1.82) is 0 Å². The molecule has 0 radical (unpaired) electrons. The van der Waals surface area contributed by atoms with Gasteiger partial charge in [-0.1, -0.05) is 23.7 Å². The van der Waals surface area contributed by atoms with E-state index in [2.05, 4.69) is 16.8 Å². The Morgan fingerprint density at radius 2 is 2.24 bits per heavy atom. The molecule has 0 aliphatic heterocycles. The maximum absolute atomic E-state index is 13.4. The van der Waals surface area contributed by atoms with Crippen LogP contribution in [0.3, 0.4) is 0 Å². The summed E-state index contributed by atoms with van der Waals surface area (Å²) >= 11 is 7.65. The number of benzene rings is 1. The molecule has 4 heteroatoms. The van der Waals surface area contributed by atoms with Gasteiger partial charge in [0.05, 0.1) is 5.02 Å². The summed E-state index contributed by atoms with van der Waals surface area (Å²) in [5.41, 5.74) is 2.04. The van der Waals surface area contributed by atoms with E-state index < -0.39 is 0 Å². The lowest BCUT2D eigenvalue weighted by atomic mass is 10.0. The zero-order valence-electron chi connectivity index (χ0n) is 9.41. The number of thiophene rings is 1. The molecule has 1 aromatic heterocycles. The summed E-state index contributed by atoms with van der Waals surface area (Å²) in [4.78, 5) is 0. The second-order valence-corrected chi connectivity index (χ2v) is 4.98. The van der Waals surface area contributed by atoms with Gasteiger partial charge < -0.3 is 5.32 Å². The first-order valence-corrected chi connectivity index (χ1v) is 6.66. The van der Waals surface area contributed by atoms with E-state index in [0.717, 1.165) is 12.0 Å². The Morgan fingerprint density at radius 1 is 1.41 bits per heavy atom. The lowest BCUT2D eigenvalue weighted by Gasteiger charge is -2.17. The molecule has 1 N–H and O–H groups in total. The Morgan fingerprint density at radius 3 is 2.88 bits per heavy atom. The number of halogens is 2. The van der Waals surface area contributed by atoms with Gasteiger partial charge in [0, 0.05) is 6.04 Å². The fourth-order valence-electron chi connectivity index (χ4n) is 1.80. The highest BCUT2D eigenvalue weighted by molar-refractivity contribution is 7.07. The summed E-state index contributed by atoms with van der Waals surface area (Å²) in [5, 5.41) is 7.52. The summed E-state index contributed by atoms with van der Waals surface area (Å²) < 4.78 is 13.4. The molecule has 2 aromatic rings. The van der Waals surface area contributed by atoms with E-state index in [9.17, 15) is 4.39 Å². The zero-order valence-corrected chi connectivity index (χ0v) is 11.0. The van der Waals surface area contributed by atoms with Crippen LogP contribution >= 0.6 is 22.9 Å². The van der Waals surface area contributed by atoms with Crippen LogP contribution in [0.1, 0.15) is 17.2 Å². The number of rotatable bonds is 4. The molecule has 0 saturated carbocycles. The predicted octanol–water partition coefficient (Wildman–Crippen LogP) is 4.04. The monoisotopic (exact) mass is 269 g/mol. The third-order valence-corrected chi connectivity index (χ3v) is 3.86. The van der Waals surface area contributed by atoms with Crippen LogP contribution in [-0.4, -0.2) is 7.05 Å². The molecule has 0 aliphatic carbocycles. The van der Waals surface area contributed by atoms with E-state index >= 15 is 0 Å². The standard InChI is InChI=1S/C13H13ClFNS/c1-16-12(7-9-5-6-17-8-9)10-3-2-4-11(15)13(10)14/h2-6,8,12,16H,7H2,1H3. The fraction of sp³-hybridized carbons (Fsp3) is 0.231. The van der Waals surface area contributed by atoms with Crippen LogP contribution in [0, 0.1) is 5.82 Å². The minimum absolute atomic E-state index is 0.0350. The minimum atomic E-state index is -0.366. The summed E-state index contributed by atoms with van der Waals surface area (Å²) in [6.45, 7) is 0. The van der Waals surface area contributed by atoms with Crippen molar-refractivity contribution in [2.75, 3.05) is 7.05 Å². The highest BCUT2D eigenvalue weighted by Gasteiger charge is 2.15. The summed E-state index contributed by atoms with van der Waals surface area (Å²) in [6, 6.07) is 7.03. The molecule has 1 nitrogen and oxygen atoms in total. The first-order chi connectivity index (χ1) is 8.22. The molecule has 1 atom stereocenters. The van der Waals surface area contributed by atoms with Crippen LogP contribution < -0.4 is 5.32 Å². The predicted molar refractivity (Wildman–Crippen MR) is 71.2 cm³/mol. The van der Waals surface area contributed by atoms with Crippen molar-refractivity contribution in [2.45, 2.75) is 12.5 Å². The van der Waals surface area contributed by atoms with Gasteiger partial charge in [0.25, 0.3) is 0 Å². The molecule has 0 bridgehead atoms. The Labute approximate surface area is 109 Å². The van der Waals surface area contributed by atoms with Crippen LogP contribution in [0.2, 0.25) is 5.02 Å². The van der Waals surface area contributed by atoms with E-state index in [-0.39, 0.29) is 16.9 Å². The number of likely N-dealkylation sites (N-methyl/N-ethyl adjacent to an activating group) is 1. The second-order valence-electron chi connectivity index (χ2n) is 3.82. The normalized spacial score (nSPS) is 12.6. The third-order valence-electron chi connectivity index (χ3n) is 2.73. The third kappa shape index (κ3) is 2.86. The topological polar surface area (TPSA) is 12.0 Å². The number of hydrogen-bond acceptors (Lipinski definition) is 2. The van der Waals surface area contributed by atoms with Crippen LogP contribution in [0.15, 0.2) is 35.0 Å². The van der Waals surface area contributed by atoms with Crippen molar-refractivity contribution in [3.8, 4) is 0 Å². The summed E-state index contributed by atoms with van der Waals surface area (Å²) in [5.74, 6) is -0.366. The molecule has 1 unspecified atom stereocenters. The van der Waals surface area contributed by atoms with E-state index in [1.165, 1.54) is 11.6 Å². The van der Waals surface area contributed by atoms with Gasteiger partial charge in [0.15, 0.2) is 0 Å². The Bertz CT molecular complexity index is 484. The van der Waals surface area contributed by atoms with Gasteiger partial charge in [0.2, 0.25) is 0 Å². The van der Waals surface area contributed by atoms with Crippen molar-refractivity contribution in [2.24, 2.45) is 0 Å². The molecular formula is C13H13ClFNS. The van der Waals surface area contributed by atoms with Gasteiger partial charge in [0.1, 0.15) is 5.82 Å². The van der Waals surface area contributed by atoms with Gasteiger partial charge in [-0.15, -0.1) is 0 Å². The van der Waals surface area contributed by atoms with Gasteiger partial charge >= 0.3 is 0 Å². The molecule has 2 rings (SSSR count). The van der Waals surface area contributed by atoms with Crippen LogP contribution in [0.4, 0.5) is 4.39 Å². The lowest BCUT2D eigenvalue weighted by molar-refractivity contribution is 0.578. The molecule has 1 heterocycles. The zero-order chi connectivity index (χ0) is 12.3. The second kappa shape index (κ2) is 5.63. The fourth-order valence-corrected chi connectivity index (χ4v) is 2.74. The molecule has 1 aromatic carbocycles. The Balaban J connectivity index is 2.26. The van der Waals surface area contributed by atoms with Crippen LogP contribution in [0.5, 0.6) is 0 Å². The molecule has 17 heavy (non-hydrogen) atoms. The molecule has 0 fully saturated rings. The van der Waals surface area contributed by atoms with Crippen LogP contribution in [0.25, 0.3) is 0 Å². The smallest absolute Gasteiger partial charge is 0.142 e. The van der Waals surface area contributed by atoms with Crippen molar-refractivity contribution in [1.82, 2.24) is 5.32 Å². The van der Waals surface area contributed by atoms with Crippen molar-refractivity contribution < 1.29 is 4.39 Å². The van der Waals surface area contributed by atoms with Gasteiger partial charge in [-0.2, -0.15) is 11.3 Å². The van der Waals surface area contributed by atoms with E-state index in [1.54, 1.807) is 17.4 Å². The molecule has 0 aliphatic rings. The first kappa shape index (κ1) is 12.6. The molecule has 90 valence electrons. The highest BCUT2D eigenvalue weighted by atomic mass is 35.5. The number of nitrogens with one attached hydrogen (secondary N) is 1. The van der Waals surface area contributed by atoms with Crippen molar-refractivity contribution in [3.63, 3.8) is 0 Å². The van der Waals surface area contributed by atoms with Crippen molar-refractivity contribution >= 4 is 22.9 Å². The Kier molecular flexibility index (Phi) is 4.15. The average molecular weight is 270 g/mol. The lowest BCUT2D eigenvalue weighted by Crippen LogP contribution is -2.19. The van der Waals surface area contributed by atoms with Gasteiger partial charge in [-0.05, 0) is 47.5 Å². The molecular weight excluding hydrogens is 257 g/mol. The van der Waals surface area contributed by atoms with Crippen LogP contribution in [-0.2, 0) is 6.42 Å². The Hall–Kier alpha value is -0.900. The average Bonchev–Trinajstić information content (AvgIpc) is 2.83. The van der Waals surface area contributed by atoms with Gasteiger partial charge in [-0.25, -0.2) is 4.39 Å². The van der Waals surface area contributed by atoms with Crippen molar-refractivity contribution in [3.05, 3.63) is 57.0 Å². The van der Waals surface area contributed by atoms with E-state index in [0.29, 0.717) is 0 Å². The maximum Gasteiger partial charge on any atom is 0.142 e. The number of hydrogen-bond donors (Lipinski definition) is 1. The molecule has 0 amide bonds. The maximum atomic E-state index is 13.4. The molecule has 0 spiro atoms. The highest BCUT2D eigenvalue weighted by Crippen LogP contribution is 2.28. The SMILES string of the molecule is CNC(Cc1ccsc1)c1cccc(F)c1Cl. The van der Waals surface area contributed by atoms with Gasteiger partial charge in [-0.3, -0.25) is 0 Å². The summed E-state index contributed by atoms with van der Waals surface area (Å²) in [7, 11) is 1.86. The minimum Gasteiger partial charge on any atom is -0.313 e. The van der Waals surface area contributed by atoms with E-state index in [1.807, 2.05) is 18.5 Å². The quantitative estimate of drug-likeness (QED) is 0.883. The largest absolute Gasteiger partial charge is 0.313 e.